The molecule has 2 aromatic rings. The molecule has 1 spiro atoms. The predicted molar refractivity (Wildman–Crippen MR) is 105 cm³/mol. The number of aromatic nitrogens is 1. The van der Waals surface area contributed by atoms with Crippen molar-refractivity contribution in [2.75, 3.05) is 7.11 Å². The maximum Gasteiger partial charge on any atom is 0.328 e. The lowest BCUT2D eigenvalue weighted by Gasteiger charge is -2.46. The predicted octanol–water partition coefficient (Wildman–Crippen LogP) is 1.70. The maximum absolute atomic E-state index is 13.2. The van der Waals surface area contributed by atoms with Gasteiger partial charge < -0.3 is 14.6 Å². The first-order valence-corrected chi connectivity index (χ1v) is 10.2. The third-order valence-corrected chi connectivity index (χ3v) is 7.25. The third kappa shape index (κ3) is 2.47. The summed E-state index contributed by atoms with van der Waals surface area (Å²) in [5.74, 6) is -3.42. The van der Waals surface area contributed by atoms with E-state index in [-0.39, 0.29) is 18.2 Å². The lowest BCUT2D eigenvalue weighted by Crippen LogP contribution is -2.58. The number of aromatic amines is 1. The van der Waals surface area contributed by atoms with Crippen LogP contribution in [0.15, 0.2) is 24.3 Å². The first-order chi connectivity index (χ1) is 14.8. The largest absolute Gasteiger partial charge is 0.467 e. The van der Waals surface area contributed by atoms with Gasteiger partial charge in [0.1, 0.15) is 6.04 Å². The molecular formula is C21H21N3O7. The molecule has 162 valence electrons. The number of nitrogens with zero attached hydrogens (tertiary/aromatic N) is 2. The van der Waals surface area contributed by atoms with Gasteiger partial charge in [-0.15, -0.1) is 10.1 Å². The number of ether oxygens (including phenoxy) is 1. The first kappa shape index (κ1) is 19.5. The van der Waals surface area contributed by atoms with Crippen molar-refractivity contribution in [1.82, 2.24) is 9.88 Å². The average molecular weight is 427 g/mol. The van der Waals surface area contributed by atoms with Crippen LogP contribution in [0.25, 0.3) is 10.9 Å². The highest BCUT2D eigenvalue weighted by Crippen LogP contribution is 2.62. The van der Waals surface area contributed by atoms with Crippen LogP contribution in [0.1, 0.15) is 31.0 Å². The van der Waals surface area contributed by atoms with E-state index in [1.807, 2.05) is 31.2 Å². The lowest BCUT2D eigenvalue weighted by molar-refractivity contribution is -0.730. The number of esters is 1. The van der Waals surface area contributed by atoms with E-state index in [1.54, 1.807) is 4.90 Å². The Balaban J connectivity index is 1.73. The van der Waals surface area contributed by atoms with Gasteiger partial charge in [-0.25, -0.2) is 9.63 Å². The molecule has 10 nitrogen and oxygen atoms in total. The molecule has 1 amide bonds. The molecule has 5 atom stereocenters. The minimum Gasteiger partial charge on any atom is -0.467 e. The van der Waals surface area contributed by atoms with Crippen LogP contribution in [-0.4, -0.2) is 46.0 Å². The molecule has 0 bridgehead atoms. The number of methoxy groups -OCH3 is 1. The van der Waals surface area contributed by atoms with Gasteiger partial charge in [0.05, 0.1) is 18.6 Å². The molecule has 3 aliphatic rings. The van der Waals surface area contributed by atoms with Crippen molar-refractivity contribution in [3.05, 3.63) is 45.6 Å². The van der Waals surface area contributed by atoms with E-state index in [4.69, 9.17) is 4.74 Å². The Morgan fingerprint density at radius 1 is 1.26 bits per heavy atom. The molecule has 1 saturated heterocycles. The van der Waals surface area contributed by atoms with Crippen LogP contribution in [-0.2, 0) is 35.9 Å². The Labute approximate surface area is 176 Å². The van der Waals surface area contributed by atoms with Gasteiger partial charge in [-0.2, -0.15) is 0 Å². The number of H-pyrrole nitrogens is 1. The normalized spacial score (nSPS) is 31.2. The van der Waals surface area contributed by atoms with E-state index in [9.17, 15) is 24.5 Å². The molecule has 1 N–H and O–H groups in total. The van der Waals surface area contributed by atoms with Crippen LogP contribution in [0, 0.1) is 27.9 Å². The molecule has 1 saturated carbocycles. The highest BCUT2D eigenvalue weighted by Gasteiger charge is 2.68. The highest BCUT2D eigenvalue weighted by molar-refractivity contribution is 5.93. The molecule has 1 aromatic carbocycles. The number of fused-ring (bicyclic) bond motifs is 3. The van der Waals surface area contributed by atoms with Crippen LogP contribution in [0.2, 0.25) is 0 Å². The molecule has 1 aliphatic carbocycles. The van der Waals surface area contributed by atoms with Crippen molar-refractivity contribution < 1.29 is 29.0 Å². The number of rotatable bonds is 3. The second kappa shape index (κ2) is 6.53. The van der Waals surface area contributed by atoms with Crippen molar-refractivity contribution >= 4 is 28.7 Å². The number of amides is 1. The number of hydrogen-bond acceptors (Lipinski definition) is 7. The van der Waals surface area contributed by atoms with Gasteiger partial charge in [0.15, 0.2) is 0 Å². The van der Waals surface area contributed by atoms with E-state index in [1.165, 1.54) is 7.11 Å². The van der Waals surface area contributed by atoms with Crippen molar-refractivity contribution in [3.63, 3.8) is 0 Å². The van der Waals surface area contributed by atoms with Gasteiger partial charge in [0.2, 0.25) is 5.91 Å². The smallest absolute Gasteiger partial charge is 0.328 e. The number of carbonyl (C=O) groups is 3. The minimum atomic E-state index is -1.11. The Morgan fingerprint density at radius 3 is 2.71 bits per heavy atom. The first-order valence-electron chi connectivity index (χ1n) is 10.2. The summed E-state index contributed by atoms with van der Waals surface area (Å²) in [5, 5.41) is 10.7. The van der Waals surface area contributed by atoms with Crippen molar-refractivity contribution in [3.8, 4) is 0 Å². The molecule has 1 aromatic heterocycles. The molecule has 10 heteroatoms. The zero-order chi connectivity index (χ0) is 22.1. The van der Waals surface area contributed by atoms with Gasteiger partial charge in [-0.1, -0.05) is 25.1 Å². The number of nitrogens with one attached hydrogen (secondary N) is 1. The second-order valence-corrected chi connectivity index (χ2v) is 8.61. The monoisotopic (exact) mass is 427 g/mol. The standard InChI is InChI=1S/C21H21N3O7/c1-10-9-21-13(17(10)20(27)31-24(28)29)8-16(25)23(21)15(19(26)30-2)7-12-11-5-3-4-6-14(11)22-18(12)21/h3-6,10,13,15,17,22H,7-9H2,1-2H3/t10-,13-,15?,17+,21?/m0/s1. The summed E-state index contributed by atoms with van der Waals surface area (Å²) in [6.07, 6.45) is 0.683. The quantitative estimate of drug-likeness (QED) is 0.448. The van der Waals surface area contributed by atoms with E-state index in [0.29, 0.717) is 12.8 Å². The second-order valence-electron chi connectivity index (χ2n) is 8.61. The van der Waals surface area contributed by atoms with Crippen LogP contribution in [0.5, 0.6) is 0 Å². The molecular weight excluding hydrogens is 406 g/mol. The molecule has 3 heterocycles. The van der Waals surface area contributed by atoms with Crippen LogP contribution >= 0.6 is 0 Å². The Morgan fingerprint density at radius 2 is 2.00 bits per heavy atom. The van der Waals surface area contributed by atoms with Crippen molar-refractivity contribution in [1.29, 1.82) is 0 Å². The summed E-state index contributed by atoms with van der Waals surface area (Å²) in [7, 11) is 1.28. The van der Waals surface area contributed by atoms with Gasteiger partial charge in [-0.3, -0.25) is 9.59 Å². The van der Waals surface area contributed by atoms with Crippen LogP contribution in [0.3, 0.4) is 0 Å². The molecule has 31 heavy (non-hydrogen) atoms. The summed E-state index contributed by atoms with van der Waals surface area (Å²) in [6.45, 7) is 1.83. The number of hydrogen-bond donors (Lipinski definition) is 1. The highest BCUT2D eigenvalue weighted by atomic mass is 17.0. The number of para-hydroxylation sites is 1. The summed E-state index contributed by atoms with van der Waals surface area (Å²) in [6, 6.07) is 6.84. The third-order valence-electron chi connectivity index (χ3n) is 7.25. The zero-order valence-corrected chi connectivity index (χ0v) is 17.0. The zero-order valence-electron chi connectivity index (χ0n) is 17.0. The van der Waals surface area contributed by atoms with E-state index < -0.39 is 40.4 Å². The van der Waals surface area contributed by atoms with Gasteiger partial charge in [0, 0.05) is 35.4 Å². The topological polar surface area (TPSA) is 132 Å². The lowest BCUT2D eigenvalue weighted by atomic mass is 9.76. The van der Waals surface area contributed by atoms with Crippen molar-refractivity contribution in [2.24, 2.45) is 17.8 Å². The van der Waals surface area contributed by atoms with E-state index in [2.05, 4.69) is 9.82 Å². The fourth-order valence-electron chi connectivity index (χ4n) is 6.33. The minimum absolute atomic E-state index is 0.00409. The van der Waals surface area contributed by atoms with Crippen LogP contribution < -0.4 is 0 Å². The summed E-state index contributed by atoms with van der Waals surface area (Å²) in [4.78, 5) is 58.7. The van der Waals surface area contributed by atoms with E-state index >= 15 is 0 Å². The van der Waals surface area contributed by atoms with Gasteiger partial charge >= 0.3 is 17.0 Å². The summed E-state index contributed by atoms with van der Waals surface area (Å²) < 4.78 is 5.02. The molecule has 2 fully saturated rings. The molecule has 2 aliphatic heterocycles. The molecule has 2 unspecified atom stereocenters. The molecule has 5 rings (SSSR count). The SMILES string of the molecule is COC(=O)C1Cc2c([nH]c3ccccc23)C23C[C@H](C)[C@@H](C(=O)O[N+](=O)[O-])[C@@H]2CC(=O)N13. The Kier molecular flexibility index (Phi) is 4.11. The van der Waals surface area contributed by atoms with Gasteiger partial charge in [0.25, 0.3) is 0 Å². The Bertz CT molecular complexity index is 1140. The maximum atomic E-state index is 13.2. The summed E-state index contributed by atoms with van der Waals surface area (Å²) in [5.41, 5.74) is 1.63. The number of benzene rings is 1. The summed E-state index contributed by atoms with van der Waals surface area (Å²) >= 11 is 0. The fourth-order valence-corrected chi connectivity index (χ4v) is 6.33. The average Bonchev–Trinajstić information content (AvgIpc) is 3.32. The van der Waals surface area contributed by atoms with Crippen LogP contribution in [0.4, 0.5) is 0 Å². The number of carbonyl (C=O) groups excluding carboxylic acids is 3. The fraction of sp³-hybridized carbons (Fsp3) is 0.476. The van der Waals surface area contributed by atoms with Crippen molar-refractivity contribution in [2.45, 2.75) is 37.8 Å². The van der Waals surface area contributed by atoms with E-state index in [0.717, 1.165) is 22.2 Å². The Hall–Kier alpha value is -3.43. The van der Waals surface area contributed by atoms with Gasteiger partial charge in [-0.05, 0) is 24.0 Å². The molecule has 0 radical (unpaired) electrons.